The van der Waals surface area contributed by atoms with Crippen molar-refractivity contribution in [3.8, 4) is 11.3 Å². The third-order valence-corrected chi connectivity index (χ3v) is 6.81. The van der Waals surface area contributed by atoms with Gasteiger partial charge in [-0.2, -0.15) is 5.10 Å². The van der Waals surface area contributed by atoms with Gasteiger partial charge in [0.25, 0.3) is 5.69 Å². The molecule has 37 heavy (non-hydrogen) atoms. The van der Waals surface area contributed by atoms with E-state index in [-0.39, 0.29) is 10.6 Å². The minimum absolute atomic E-state index is 0.0361. The summed E-state index contributed by atoms with van der Waals surface area (Å²) in [5, 5.41) is 17.7. The summed E-state index contributed by atoms with van der Waals surface area (Å²) in [6, 6.07) is 45.7. The van der Waals surface area contributed by atoms with Crippen molar-refractivity contribution in [2.24, 2.45) is 0 Å². The minimum atomic E-state index is -0.828. The number of nitro groups is 1. The van der Waals surface area contributed by atoms with E-state index in [4.69, 9.17) is 5.10 Å². The zero-order valence-corrected chi connectivity index (χ0v) is 19.9. The largest absolute Gasteiger partial charge is 0.270 e. The van der Waals surface area contributed by atoms with Gasteiger partial charge in [0.15, 0.2) is 0 Å². The van der Waals surface area contributed by atoms with Gasteiger partial charge in [-0.3, -0.25) is 10.1 Å². The molecule has 0 bridgehead atoms. The van der Waals surface area contributed by atoms with Crippen LogP contribution in [0.1, 0.15) is 16.7 Å². The Morgan fingerprint density at radius 3 is 1.54 bits per heavy atom. The molecule has 0 fully saturated rings. The molecule has 5 heteroatoms. The maximum absolute atomic E-state index is 11.7. The fourth-order valence-corrected chi connectivity index (χ4v) is 5.19. The molecule has 178 valence electrons. The van der Waals surface area contributed by atoms with Crippen LogP contribution >= 0.6 is 0 Å². The van der Waals surface area contributed by atoms with Crippen molar-refractivity contribution in [3.05, 3.63) is 166 Å². The van der Waals surface area contributed by atoms with Crippen LogP contribution in [0.2, 0.25) is 0 Å². The quantitative estimate of drug-likeness (QED) is 0.141. The van der Waals surface area contributed by atoms with Gasteiger partial charge in [-0.05, 0) is 22.8 Å². The molecule has 0 atom stereocenters. The normalized spacial score (nSPS) is 11.5. The lowest BCUT2D eigenvalue weighted by atomic mass is 9.77. The van der Waals surface area contributed by atoms with Gasteiger partial charge >= 0.3 is 0 Å². The fraction of sp³-hybridized carbons (Fsp3) is 0.0312. The molecule has 0 amide bonds. The van der Waals surface area contributed by atoms with E-state index in [1.807, 2.05) is 95.7 Å². The van der Waals surface area contributed by atoms with E-state index in [1.54, 1.807) is 12.1 Å². The van der Waals surface area contributed by atoms with Gasteiger partial charge in [-0.15, -0.1) is 0 Å². The van der Waals surface area contributed by atoms with Gasteiger partial charge in [-0.25, -0.2) is 4.68 Å². The van der Waals surface area contributed by atoms with Crippen molar-refractivity contribution in [1.29, 1.82) is 0 Å². The molecule has 6 aromatic rings. The number of hydrogen-bond donors (Lipinski definition) is 0. The Hall–Kier alpha value is -5.03. The van der Waals surface area contributed by atoms with Crippen molar-refractivity contribution in [1.82, 2.24) is 9.78 Å². The summed E-state index contributed by atoms with van der Waals surface area (Å²) < 4.78 is 2.04. The molecule has 0 radical (unpaired) electrons. The van der Waals surface area contributed by atoms with Gasteiger partial charge in [0, 0.05) is 23.1 Å². The zero-order chi connectivity index (χ0) is 25.2. The highest BCUT2D eigenvalue weighted by atomic mass is 16.6. The maximum Gasteiger partial charge on any atom is 0.270 e. The molecule has 0 aliphatic heterocycles. The summed E-state index contributed by atoms with van der Waals surface area (Å²) in [4.78, 5) is 11.4. The van der Waals surface area contributed by atoms with Gasteiger partial charge < -0.3 is 0 Å². The molecular weight excluding hydrogens is 458 g/mol. The number of benzene rings is 5. The summed E-state index contributed by atoms with van der Waals surface area (Å²) in [7, 11) is 0. The van der Waals surface area contributed by atoms with Crippen LogP contribution in [0.3, 0.4) is 0 Å². The number of hydrogen-bond acceptors (Lipinski definition) is 3. The minimum Gasteiger partial charge on any atom is -0.258 e. The Morgan fingerprint density at radius 2 is 1.08 bits per heavy atom. The first-order valence-electron chi connectivity index (χ1n) is 12.1. The van der Waals surface area contributed by atoms with E-state index < -0.39 is 5.54 Å². The zero-order valence-electron chi connectivity index (χ0n) is 19.9. The summed E-state index contributed by atoms with van der Waals surface area (Å²) in [6.07, 6.45) is 0. The maximum atomic E-state index is 11.7. The highest BCUT2D eigenvalue weighted by Crippen LogP contribution is 2.44. The molecule has 5 nitrogen and oxygen atoms in total. The number of nitrogens with zero attached hydrogens (tertiary/aromatic N) is 3. The lowest BCUT2D eigenvalue weighted by molar-refractivity contribution is -0.384. The lowest BCUT2D eigenvalue weighted by Gasteiger charge is -2.37. The summed E-state index contributed by atoms with van der Waals surface area (Å²) in [6.45, 7) is 0. The Balaban J connectivity index is 1.80. The second kappa shape index (κ2) is 9.21. The molecule has 0 saturated carbocycles. The highest BCUT2D eigenvalue weighted by Gasteiger charge is 2.41. The van der Waals surface area contributed by atoms with Crippen LogP contribution in [0.15, 0.2) is 140 Å². The molecule has 6 rings (SSSR count). The van der Waals surface area contributed by atoms with Gasteiger partial charge in [-0.1, -0.05) is 121 Å². The number of nitro benzene ring substituents is 1. The second-order valence-electron chi connectivity index (χ2n) is 8.89. The molecule has 0 saturated heterocycles. The van der Waals surface area contributed by atoms with Crippen LogP contribution in [0.4, 0.5) is 5.69 Å². The average molecular weight is 482 g/mol. The second-order valence-corrected chi connectivity index (χ2v) is 8.89. The predicted octanol–water partition coefficient (Wildman–Crippen LogP) is 7.45. The molecule has 0 N–H and O–H groups in total. The third-order valence-electron chi connectivity index (χ3n) is 6.81. The first kappa shape index (κ1) is 22.4. The average Bonchev–Trinajstić information content (AvgIpc) is 3.35. The Kier molecular flexibility index (Phi) is 5.58. The van der Waals surface area contributed by atoms with Crippen LogP contribution in [0, 0.1) is 10.1 Å². The van der Waals surface area contributed by atoms with E-state index in [2.05, 4.69) is 36.4 Å². The van der Waals surface area contributed by atoms with Crippen LogP contribution in [-0.4, -0.2) is 14.7 Å². The van der Waals surface area contributed by atoms with E-state index >= 15 is 0 Å². The molecule has 1 aromatic heterocycles. The Bertz CT molecular complexity index is 1580. The fourth-order valence-electron chi connectivity index (χ4n) is 5.19. The van der Waals surface area contributed by atoms with Crippen molar-refractivity contribution >= 4 is 16.6 Å². The smallest absolute Gasteiger partial charge is 0.258 e. The number of fused-ring (bicyclic) bond motifs is 1. The first-order chi connectivity index (χ1) is 18.2. The highest BCUT2D eigenvalue weighted by molar-refractivity contribution is 5.95. The molecule has 1 heterocycles. The van der Waals surface area contributed by atoms with Gasteiger partial charge in [0.05, 0.1) is 10.4 Å². The van der Waals surface area contributed by atoms with Crippen molar-refractivity contribution in [3.63, 3.8) is 0 Å². The Labute approximate surface area is 214 Å². The topological polar surface area (TPSA) is 61.0 Å². The number of rotatable bonds is 6. The molecule has 0 aliphatic rings. The SMILES string of the molecule is O=[N+]([O-])c1ccc2c(c1)c(-c1ccccc1)nn2C(c1ccccc1)(c1ccccc1)c1ccccc1. The van der Waals surface area contributed by atoms with Crippen LogP contribution in [0.5, 0.6) is 0 Å². The molecule has 0 unspecified atom stereocenters. The van der Waals surface area contributed by atoms with E-state index in [9.17, 15) is 10.1 Å². The lowest BCUT2D eigenvalue weighted by Crippen LogP contribution is -2.38. The number of aromatic nitrogens is 2. The van der Waals surface area contributed by atoms with E-state index in [0.29, 0.717) is 5.69 Å². The van der Waals surface area contributed by atoms with Crippen LogP contribution in [0.25, 0.3) is 22.2 Å². The van der Waals surface area contributed by atoms with Crippen LogP contribution in [-0.2, 0) is 5.54 Å². The number of non-ortho nitro benzene ring substituents is 1. The van der Waals surface area contributed by atoms with Gasteiger partial charge in [0.1, 0.15) is 11.2 Å². The van der Waals surface area contributed by atoms with E-state index in [1.165, 1.54) is 0 Å². The van der Waals surface area contributed by atoms with Gasteiger partial charge in [0.2, 0.25) is 0 Å². The Morgan fingerprint density at radius 1 is 0.622 bits per heavy atom. The van der Waals surface area contributed by atoms with Crippen molar-refractivity contribution < 1.29 is 4.92 Å². The summed E-state index contributed by atoms with van der Waals surface area (Å²) >= 11 is 0. The third kappa shape index (κ3) is 3.69. The standard InChI is InChI=1S/C32H23N3O2/c36-35(37)28-21-22-30-29(23-28)31(24-13-5-1-6-14-24)33-34(30)32(25-15-7-2-8-16-25,26-17-9-3-10-18-26)27-19-11-4-12-20-27/h1-23H. The van der Waals surface area contributed by atoms with Crippen molar-refractivity contribution in [2.45, 2.75) is 5.54 Å². The predicted molar refractivity (Wildman–Crippen MR) is 146 cm³/mol. The molecule has 0 aliphatic carbocycles. The first-order valence-corrected chi connectivity index (χ1v) is 12.1. The van der Waals surface area contributed by atoms with Crippen LogP contribution < -0.4 is 0 Å². The molecular formula is C32H23N3O2. The summed E-state index contributed by atoms with van der Waals surface area (Å²) in [5.41, 5.74) is 4.72. The molecule has 5 aromatic carbocycles. The van der Waals surface area contributed by atoms with Crippen molar-refractivity contribution in [2.75, 3.05) is 0 Å². The monoisotopic (exact) mass is 481 g/mol. The summed E-state index contributed by atoms with van der Waals surface area (Å²) in [5.74, 6) is 0. The molecule has 0 spiro atoms. The van der Waals surface area contributed by atoms with E-state index in [0.717, 1.165) is 33.2 Å².